The Kier molecular flexibility index (Phi) is 2.41. The van der Waals surface area contributed by atoms with E-state index in [1.807, 2.05) is 6.92 Å². The molecule has 1 aromatic rings. The minimum absolute atomic E-state index is 0.117. The van der Waals surface area contributed by atoms with Crippen LogP contribution in [0.3, 0.4) is 0 Å². The number of aromatic nitrogens is 3. The van der Waals surface area contributed by atoms with Gasteiger partial charge in [-0.1, -0.05) is 6.92 Å². The van der Waals surface area contributed by atoms with Gasteiger partial charge in [0.25, 0.3) is 0 Å². The molecule has 1 aromatic heterocycles. The SMILES string of the molecule is CCC(N)c1n[nH]c(=O)n1C1CCC1. The Morgan fingerprint density at radius 3 is 2.93 bits per heavy atom. The van der Waals surface area contributed by atoms with Crippen molar-refractivity contribution in [3.05, 3.63) is 16.3 Å². The molecule has 5 nitrogen and oxygen atoms in total. The zero-order valence-corrected chi connectivity index (χ0v) is 8.36. The van der Waals surface area contributed by atoms with Crippen molar-refractivity contribution in [2.45, 2.75) is 44.7 Å². The Labute approximate surface area is 82.3 Å². The maximum absolute atomic E-state index is 11.5. The Hall–Kier alpha value is -1.10. The van der Waals surface area contributed by atoms with Gasteiger partial charge < -0.3 is 5.73 Å². The molecule has 78 valence electrons. The maximum Gasteiger partial charge on any atom is 0.343 e. The summed E-state index contributed by atoms with van der Waals surface area (Å²) >= 11 is 0. The molecule has 0 aliphatic heterocycles. The average Bonchev–Trinajstić information content (AvgIpc) is 2.45. The van der Waals surface area contributed by atoms with Crippen molar-refractivity contribution in [1.82, 2.24) is 14.8 Å². The number of nitrogens with two attached hydrogens (primary N) is 1. The maximum atomic E-state index is 11.5. The fraction of sp³-hybridized carbons (Fsp3) is 0.778. The zero-order valence-electron chi connectivity index (χ0n) is 8.36. The van der Waals surface area contributed by atoms with Crippen LogP contribution in [0.5, 0.6) is 0 Å². The minimum Gasteiger partial charge on any atom is -0.321 e. The molecule has 1 atom stereocenters. The largest absolute Gasteiger partial charge is 0.343 e. The molecule has 0 amide bonds. The van der Waals surface area contributed by atoms with Crippen LogP contribution < -0.4 is 11.4 Å². The summed E-state index contributed by atoms with van der Waals surface area (Å²) in [6, 6.07) is 0.198. The fourth-order valence-electron chi connectivity index (χ4n) is 1.76. The van der Waals surface area contributed by atoms with E-state index in [9.17, 15) is 4.79 Å². The van der Waals surface area contributed by atoms with E-state index in [2.05, 4.69) is 10.2 Å². The molecular weight excluding hydrogens is 180 g/mol. The number of H-pyrrole nitrogens is 1. The first-order chi connectivity index (χ1) is 6.74. The van der Waals surface area contributed by atoms with Gasteiger partial charge in [-0.25, -0.2) is 9.89 Å². The zero-order chi connectivity index (χ0) is 10.1. The molecule has 0 spiro atoms. The highest BCUT2D eigenvalue weighted by Crippen LogP contribution is 2.31. The quantitative estimate of drug-likeness (QED) is 0.747. The number of nitrogens with one attached hydrogen (secondary N) is 1. The molecule has 0 saturated heterocycles. The fourth-order valence-corrected chi connectivity index (χ4v) is 1.76. The summed E-state index contributed by atoms with van der Waals surface area (Å²) in [6.45, 7) is 1.99. The summed E-state index contributed by atoms with van der Waals surface area (Å²) in [5.41, 5.74) is 5.77. The van der Waals surface area contributed by atoms with Crippen LogP contribution in [0.4, 0.5) is 0 Å². The van der Waals surface area contributed by atoms with E-state index >= 15 is 0 Å². The molecule has 0 aromatic carbocycles. The van der Waals surface area contributed by atoms with Crippen LogP contribution in [0.15, 0.2) is 4.79 Å². The smallest absolute Gasteiger partial charge is 0.321 e. The number of hydrogen-bond acceptors (Lipinski definition) is 3. The van der Waals surface area contributed by atoms with Gasteiger partial charge in [-0.3, -0.25) is 4.57 Å². The monoisotopic (exact) mass is 196 g/mol. The van der Waals surface area contributed by atoms with Gasteiger partial charge >= 0.3 is 5.69 Å². The van der Waals surface area contributed by atoms with Crippen LogP contribution >= 0.6 is 0 Å². The molecule has 1 heterocycles. The molecule has 2 rings (SSSR count). The van der Waals surface area contributed by atoms with Gasteiger partial charge in [0.2, 0.25) is 0 Å². The van der Waals surface area contributed by atoms with Crippen molar-refractivity contribution >= 4 is 0 Å². The molecule has 1 aliphatic rings. The summed E-state index contributed by atoms with van der Waals surface area (Å²) < 4.78 is 1.73. The molecule has 0 radical (unpaired) electrons. The predicted octanol–water partition coefficient (Wildman–Crippen LogP) is 0.706. The molecule has 0 bridgehead atoms. The van der Waals surface area contributed by atoms with Gasteiger partial charge in [0.1, 0.15) is 0 Å². The van der Waals surface area contributed by atoms with Crippen LogP contribution in [0.25, 0.3) is 0 Å². The third-order valence-electron chi connectivity index (χ3n) is 2.94. The van der Waals surface area contributed by atoms with Gasteiger partial charge in [-0.15, -0.1) is 0 Å². The average molecular weight is 196 g/mol. The van der Waals surface area contributed by atoms with Crippen molar-refractivity contribution in [3.8, 4) is 0 Å². The first-order valence-corrected chi connectivity index (χ1v) is 5.16. The first kappa shape index (κ1) is 9.45. The second-order valence-electron chi connectivity index (χ2n) is 3.86. The molecule has 1 saturated carbocycles. The van der Waals surface area contributed by atoms with E-state index in [1.54, 1.807) is 4.57 Å². The summed E-state index contributed by atoms with van der Waals surface area (Å²) in [5, 5.41) is 6.47. The van der Waals surface area contributed by atoms with E-state index in [1.165, 1.54) is 6.42 Å². The second-order valence-corrected chi connectivity index (χ2v) is 3.86. The van der Waals surface area contributed by atoms with Crippen molar-refractivity contribution in [2.75, 3.05) is 0 Å². The highest BCUT2D eigenvalue weighted by molar-refractivity contribution is 4.97. The van der Waals surface area contributed by atoms with Gasteiger partial charge in [0, 0.05) is 6.04 Å². The third kappa shape index (κ3) is 1.37. The lowest BCUT2D eigenvalue weighted by Gasteiger charge is -2.27. The van der Waals surface area contributed by atoms with Crippen LogP contribution in [0.1, 0.15) is 50.5 Å². The number of nitrogens with zero attached hydrogens (tertiary/aromatic N) is 2. The van der Waals surface area contributed by atoms with Crippen LogP contribution in [0, 0.1) is 0 Å². The normalized spacial score (nSPS) is 19.3. The van der Waals surface area contributed by atoms with Crippen molar-refractivity contribution in [3.63, 3.8) is 0 Å². The van der Waals surface area contributed by atoms with E-state index in [-0.39, 0.29) is 11.7 Å². The van der Waals surface area contributed by atoms with Gasteiger partial charge in [0.15, 0.2) is 5.82 Å². The van der Waals surface area contributed by atoms with Crippen molar-refractivity contribution in [2.24, 2.45) is 5.73 Å². The van der Waals surface area contributed by atoms with Crippen LogP contribution in [-0.2, 0) is 0 Å². The Bertz CT molecular complexity index is 363. The Morgan fingerprint density at radius 1 is 1.71 bits per heavy atom. The highest BCUT2D eigenvalue weighted by Gasteiger charge is 2.26. The minimum atomic E-state index is -0.130. The Balaban J connectivity index is 2.35. The molecule has 1 unspecified atom stereocenters. The van der Waals surface area contributed by atoms with Gasteiger partial charge in [-0.05, 0) is 25.7 Å². The summed E-state index contributed by atoms with van der Waals surface area (Å²) in [5.74, 6) is 0.710. The van der Waals surface area contributed by atoms with E-state index < -0.39 is 0 Å². The summed E-state index contributed by atoms with van der Waals surface area (Å²) in [4.78, 5) is 11.5. The van der Waals surface area contributed by atoms with E-state index in [0.717, 1.165) is 19.3 Å². The summed E-state index contributed by atoms with van der Waals surface area (Å²) in [6.07, 6.45) is 4.14. The third-order valence-corrected chi connectivity index (χ3v) is 2.94. The molecule has 1 fully saturated rings. The van der Waals surface area contributed by atoms with Crippen LogP contribution in [0.2, 0.25) is 0 Å². The highest BCUT2D eigenvalue weighted by atomic mass is 16.1. The van der Waals surface area contributed by atoms with Gasteiger partial charge in [-0.2, -0.15) is 5.10 Å². The lowest BCUT2D eigenvalue weighted by molar-refractivity contribution is 0.294. The van der Waals surface area contributed by atoms with Crippen LogP contribution in [-0.4, -0.2) is 14.8 Å². The standard InChI is InChI=1S/C9H16N4O/c1-2-7(10)8-11-12-9(14)13(8)6-4-3-5-6/h6-7H,2-5,10H2,1H3,(H,12,14). The lowest BCUT2D eigenvalue weighted by Crippen LogP contribution is -2.30. The van der Waals surface area contributed by atoms with E-state index in [0.29, 0.717) is 11.9 Å². The van der Waals surface area contributed by atoms with Gasteiger partial charge in [0.05, 0.1) is 6.04 Å². The first-order valence-electron chi connectivity index (χ1n) is 5.16. The second kappa shape index (κ2) is 3.57. The van der Waals surface area contributed by atoms with Crippen molar-refractivity contribution < 1.29 is 0 Å². The number of hydrogen-bond donors (Lipinski definition) is 2. The Morgan fingerprint density at radius 2 is 2.43 bits per heavy atom. The molecule has 1 aliphatic carbocycles. The number of aromatic amines is 1. The molecule has 5 heteroatoms. The molecule has 3 N–H and O–H groups in total. The lowest BCUT2D eigenvalue weighted by atomic mass is 9.92. The molecule has 14 heavy (non-hydrogen) atoms. The van der Waals surface area contributed by atoms with E-state index in [4.69, 9.17) is 5.73 Å². The predicted molar refractivity (Wildman–Crippen MR) is 53.0 cm³/mol. The van der Waals surface area contributed by atoms with Crippen molar-refractivity contribution in [1.29, 1.82) is 0 Å². The summed E-state index contributed by atoms with van der Waals surface area (Å²) in [7, 11) is 0. The topological polar surface area (TPSA) is 76.7 Å². The number of rotatable bonds is 3. The molecular formula is C9H16N4O.